The molecule has 0 fully saturated rings. The van der Waals surface area contributed by atoms with Gasteiger partial charge in [0, 0.05) is 12.4 Å². The molecule has 0 amide bonds. The van der Waals surface area contributed by atoms with Crippen molar-refractivity contribution >= 4 is 5.97 Å². The van der Waals surface area contributed by atoms with E-state index in [9.17, 15) is 9.18 Å². The van der Waals surface area contributed by atoms with Crippen LogP contribution in [-0.2, 0) is 4.79 Å². The third kappa shape index (κ3) is 2.30. The maximum Gasteiger partial charge on any atom is 0.306 e. The van der Waals surface area contributed by atoms with Crippen molar-refractivity contribution in [1.82, 2.24) is 4.98 Å². The van der Waals surface area contributed by atoms with E-state index in [-0.39, 0.29) is 0 Å². The average Bonchev–Trinajstić information content (AvgIpc) is 2.05. The average molecular weight is 169 g/mol. The SMILES string of the molecule is O=C(O)CC(F)c1ccncc1. The Balaban J connectivity index is 2.65. The zero-order chi connectivity index (χ0) is 8.97. The maximum absolute atomic E-state index is 13.0. The summed E-state index contributed by atoms with van der Waals surface area (Å²) in [6.45, 7) is 0. The number of rotatable bonds is 3. The third-order valence-corrected chi connectivity index (χ3v) is 1.42. The van der Waals surface area contributed by atoms with E-state index in [0.717, 1.165) is 0 Å². The largest absolute Gasteiger partial charge is 0.481 e. The van der Waals surface area contributed by atoms with Crippen LogP contribution in [0.1, 0.15) is 18.2 Å². The van der Waals surface area contributed by atoms with Crippen LogP contribution in [0.4, 0.5) is 4.39 Å². The van der Waals surface area contributed by atoms with Gasteiger partial charge in [-0.3, -0.25) is 9.78 Å². The topological polar surface area (TPSA) is 50.2 Å². The summed E-state index contributed by atoms with van der Waals surface area (Å²) in [6.07, 6.45) is 0.933. The minimum Gasteiger partial charge on any atom is -0.481 e. The monoisotopic (exact) mass is 169 g/mol. The highest BCUT2D eigenvalue weighted by molar-refractivity contribution is 5.67. The summed E-state index contributed by atoms with van der Waals surface area (Å²) < 4.78 is 13.0. The van der Waals surface area contributed by atoms with Crippen molar-refractivity contribution in [2.45, 2.75) is 12.6 Å². The molecule has 1 atom stereocenters. The number of pyridine rings is 1. The fourth-order valence-electron chi connectivity index (χ4n) is 0.843. The molecule has 0 aliphatic rings. The molecule has 4 heteroatoms. The van der Waals surface area contributed by atoms with Crippen LogP contribution in [0.15, 0.2) is 24.5 Å². The minimum atomic E-state index is -1.44. The summed E-state index contributed by atoms with van der Waals surface area (Å²) in [7, 11) is 0. The highest BCUT2D eigenvalue weighted by Crippen LogP contribution is 2.19. The first-order valence-corrected chi connectivity index (χ1v) is 3.46. The van der Waals surface area contributed by atoms with E-state index in [4.69, 9.17) is 5.11 Å². The molecular formula is C8H8FNO2. The molecule has 0 saturated heterocycles. The van der Waals surface area contributed by atoms with E-state index in [2.05, 4.69) is 4.98 Å². The summed E-state index contributed by atoms with van der Waals surface area (Å²) in [5.41, 5.74) is 0.354. The first kappa shape index (κ1) is 8.64. The molecule has 1 unspecified atom stereocenters. The second-order valence-electron chi connectivity index (χ2n) is 2.35. The van der Waals surface area contributed by atoms with Crippen LogP contribution in [0.2, 0.25) is 0 Å². The molecule has 12 heavy (non-hydrogen) atoms. The van der Waals surface area contributed by atoms with Gasteiger partial charge in [0.1, 0.15) is 6.17 Å². The normalized spacial score (nSPS) is 12.4. The van der Waals surface area contributed by atoms with Crippen LogP contribution in [0, 0.1) is 0 Å². The van der Waals surface area contributed by atoms with E-state index in [1.807, 2.05) is 0 Å². The molecule has 0 spiro atoms. The van der Waals surface area contributed by atoms with Crippen LogP contribution in [0.25, 0.3) is 0 Å². The Kier molecular flexibility index (Phi) is 2.74. The molecule has 0 aliphatic heterocycles. The summed E-state index contributed by atoms with van der Waals surface area (Å²) in [6, 6.07) is 2.93. The summed E-state index contributed by atoms with van der Waals surface area (Å²) in [5.74, 6) is -1.14. The zero-order valence-corrected chi connectivity index (χ0v) is 6.27. The van der Waals surface area contributed by atoms with E-state index in [1.165, 1.54) is 24.5 Å². The van der Waals surface area contributed by atoms with Gasteiger partial charge in [-0.1, -0.05) is 0 Å². The maximum atomic E-state index is 13.0. The molecule has 64 valence electrons. The number of aliphatic carboxylic acids is 1. The number of aromatic nitrogens is 1. The lowest BCUT2D eigenvalue weighted by Gasteiger charge is -2.03. The predicted octanol–water partition coefficient (Wildman–Crippen LogP) is 1.57. The first-order valence-electron chi connectivity index (χ1n) is 3.46. The molecule has 1 aromatic rings. The summed E-state index contributed by atoms with van der Waals surface area (Å²) in [5, 5.41) is 8.29. The molecule has 1 aromatic heterocycles. The smallest absolute Gasteiger partial charge is 0.306 e. The van der Waals surface area contributed by atoms with Crippen LogP contribution in [-0.4, -0.2) is 16.1 Å². The number of carbonyl (C=O) groups is 1. The van der Waals surface area contributed by atoms with Crippen molar-refractivity contribution in [3.63, 3.8) is 0 Å². The van der Waals surface area contributed by atoms with Gasteiger partial charge in [-0.15, -0.1) is 0 Å². The third-order valence-electron chi connectivity index (χ3n) is 1.42. The van der Waals surface area contributed by atoms with Gasteiger partial charge >= 0.3 is 5.97 Å². The van der Waals surface area contributed by atoms with Gasteiger partial charge in [0.05, 0.1) is 6.42 Å². The van der Waals surface area contributed by atoms with Crippen LogP contribution >= 0.6 is 0 Å². The molecule has 0 bridgehead atoms. The Morgan fingerprint density at radius 1 is 1.58 bits per heavy atom. The number of halogens is 1. The number of hydrogen-bond acceptors (Lipinski definition) is 2. The van der Waals surface area contributed by atoms with Gasteiger partial charge in [-0.05, 0) is 17.7 Å². The van der Waals surface area contributed by atoms with Crippen molar-refractivity contribution in [1.29, 1.82) is 0 Å². The van der Waals surface area contributed by atoms with E-state index in [0.29, 0.717) is 5.56 Å². The Morgan fingerprint density at radius 3 is 2.67 bits per heavy atom. The van der Waals surface area contributed by atoms with Crippen molar-refractivity contribution in [2.75, 3.05) is 0 Å². The number of nitrogens with zero attached hydrogens (tertiary/aromatic N) is 1. The second-order valence-corrected chi connectivity index (χ2v) is 2.35. The summed E-state index contributed by atoms with van der Waals surface area (Å²) >= 11 is 0. The predicted molar refractivity (Wildman–Crippen MR) is 40.3 cm³/mol. The van der Waals surface area contributed by atoms with Gasteiger partial charge in [0.25, 0.3) is 0 Å². The van der Waals surface area contributed by atoms with Crippen molar-refractivity contribution in [2.24, 2.45) is 0 Å². The van der Waals surface area contributed by atoms with Crippen molar-refractivity contribution in [3.05, 3.63) is 30.1 Å². The lowest BCUT2D eigenvalue weighted by molar-refractivity contribution is -0.138. The highest BCUT2D eigenvalue weighted by Gasteiger charge is 2.12. The summed E-state index contributed by atoms with van der Waals surface area (Å²) in [4.78, 5) is 13.8. The van der Waals surface area contributed by atoms with E-state index in [1.54, 1.807) is 0 Å². The van der Waals surface area contributed by atoms with Crippen molar-refractivity contribution in [3.8, 4) is 0 Å². The molecule has 3 nitrogen and oxygen atoms in total. The molecule has 0 radical (unpaired) electrons. The molecule has 0 aliphatic carbocycles. The van der Waals surface area contributed by atoms with Gasteiger partial charge in [-0.2, -0.15) is 0 Å². The number of hydrogen-bond donors (Lipinski definition) is 1. The molecule has 0 aromatic carbocycles. The number of carboxylic acids is 1. The van der Waals surface area contributed by atoms with E-state index >= 15 is 0 Å². The van der Waals surface area contributed by atoms with Crippen LogP contribution in [0.5, 0.6) is 0 Å². The van der Waals surface area contributed by atoms with E-state index < -0.39 is 18.6 Å². The quantitative estimate of drug-likeness (QED) is 0.747. The van der Waals surface area contributed by atoms with Crippen molar-refractivity contribution < 1.29 is 14.3 Å². The van der Waals surface area contributed by atoms with Crippen LogP contribution in [0.3, 0.4) is 0 Å². The second kappa shape index (κ2) is 3.80. The fourth-order valence-corrected chi connectivity index (χ4v) is 0.843. The lowest BCUT2D eigenvalue weighted by Crippen LogP contribution is -2.01. The number of carboxylic acid groups (broad SMARTS) is 1. The van der Waals surface area contributed by atoms with Gasteiger partial charge in [0.15, 0.2) is 0 Å². The molecule has 0 saturated carbocycles. The van der Waals surface area contributed by atoms with Crippen LogP contribution < -0.4 is 0 Å². The first-order chi connectivity index (χ1) is 5.70. The van der Waals surface area contributed by atoms with Gasteiger partial charge in [0.2, 0.25) is 0 Å². The highest BCUT2D eigenvalue weighted by atomic mass is 19.1. The molecule has 1 rings (SSSR count). The zero-order valence-electron chi connectivity index (χ0n) is 6.27. The Hall–Kier alpha value is -1.45. The molecular weight excluding hydrogens is 161 g/mol. The lowest BCUT2D eigenvalue weighted by atomic mass is 10.1. The molecule has 1 heterocycles. The van der Waals surface area contributed by atoms with Gasteiger partial charge in [-0.25, -0.2) is 4.39 Å². The van der Waals surface area contributed by atoms with Gasteiger partial charge < -0.3 is 5.11 Å². The Labute approximate surface area is 68.9 Å². The Bertz CT molecular complexity index is 263. The fraction of sp³-hybridized carbons (Fsp3) is 0.250. The Morgan fingerprint density at radius 2 is 2.17 bits per heavy atom. The molecule has 1 N–H and O–H groups in total. The minimum absolute atomic E-state index is 0.354. The number of alkyl halides is 1. The standard InChI is InChI=1S/C8H8FNO2/c9-7(5-8(11)12)6-1-3-10-4-2-6/h1-4,7H,5H2,(H,11,12).